The van der Waals surface area contributed by atoms with Crippen molar-refractivity contribution in [1.82, 2.24) is 0 Å². The molecular weight excluding hydrogens is 625 g/mol. The third-order valence-corrected chi connectivity index (χ3v) is 12.6. The van der Waals surface area contributed by atoms with Gasteiger partial charge in [0.25, 0.3) is 0 Å². The van der Waals surface area contributed by atoms with Crippen molar-refractivity contribution in [3.63, 3.8) is 0 Å². The molecule has 0 saturated heterocycles. The summed E-state index contributed by atoms with van der Waals surface area (Å²) in [5.41, 5.74) is 13.2. The van der Waals surface area contributed by atoms with E-state index in [1.807, 2.05) is 0 Å². The minimum atomic E-state index is 1.29. The van der Waals surface area contributed by atoms with E-state index in [1.165, 1.54) is 142 Å². The van der Waals surface area contributed by atoms with Crippen molar-refractivity contribution in [2.45, 2.75) is 41.5 Å². The molecule has 0 saturated carbocycles. The molecule has 0 radical (unpaired) electrons. The van der Waals surface area contributed by atoms with E-state index in [0.29, 0.717) is 0 Å². The van der Waals surface area contributed by atoms with Crippen LogP contribution in [0.4, 0.5) is 0 Å². The van der Waals surface area contributed by atoms with Crippen LogP contribution in [0.1, 0.15) is 33.4 Å². The van der Waals surface area contributed by atoms with Gasteiger partial charge < -0.3 is 0 Å². The fraction of sp³-hybridized carbons (Fsp3) is 0.115. The molecule has 0 N–H and O–H groups in total. The number of benzene rings is 9. The predicted molar refractivity (Wildman–Crippen MR) is 228 cm³/mol. The summed E-state index contributed by atoms with van der Waals surface area (Å²) in [6, 6.07) is 47.1. The van der Waals surface area contributed by atoms with Crippen molar-refractivity contribution in [3.8, 4) is 22.3 Å². The summed E-state index contributed by atoms with van der Waals surface area (Å²) in [6.07, 6.45) is 0. The van der Waals surface area contributed by atoms with E-state index >= 15 is 0 Å². The summed E-state index contributed by atoms with van der Waals surface area (Å²) < 4.78 is 0. The average molecular weight is 663 g/mol. The zero-order valence-corrected chi connectivity index (χ0v) is 30.5. The Hall–Kier alpha value is -5.98. The fourth-order valence-electron chi connectivity index (χ4n) is 9.74. The molecule has 0 heteroatoms. The van der Waals surface area contributed by atoms with E-state index < -0.39 is 0 Å². The molecule has 246 valence electrons. The van der Waals surface area contributed by atoms with Gasteiger partial charge in [-0.1, -0.05) is 97.1 Å². The smallest absolute Gasteiger partial charge is 0.00197 e. The second kappa shape index (κ2) is 10.3. The number of rotatable bonds is 2. The monoisotopic (exact) mass is 662 g/mol. The van der Waals surface area contributed by atoms with Gasteiger partial charge in [0.15, 0.2) is 0 Å². The van der Waals surface area contributed by atoms with E-state index in [0.717, 1.165) is 0 Å². The Kier molecular flexibility index (Phi) is 5.89. The maximum Gasteiger partial charge on any atom is -0.00197 e. The maximum atomic E-state index is 2.51. The quantitative estimate of drug-likeness (QED) is 0.162. The second-order valence-corrected chi connectivity index (χ2v) is 15.6. The van der Waals surface area contributed by atoms with Gasteiger partial charge in [-0.05, 0) is 208 Å². The van der Waals surface area contributed by atoms with Gasteiger partial charge in [0, 0.05) is 0 Å². The summed E-state index contributed by atoms with van der Waals surface area (Å²) in [7, 11) is 0. The third-order valence-electron chi connectivity index (χ3n) is 12.6. The van der Waals surface area contributed by atoms with Crippen molar-refractivity contribution in [1.29, 1.82) is 0 Å². The van der Waals surface area contributed by atoms with Crippen LogP contribution in [-0.4, -0.2) is 0 Å². The Morgan fingerprint density at radius 3 is 1.00 bits per heavy atom. The first-order chi connectivity index (χ1) is 25.2. The minimum absolute atomic E-state index is 1.29. The molecule has 0 amide bonds. The van der Waals surface area contributed by atoms with Gasteiger partial charge in [-0.3, -0.25) is 0 Å². The highest BCUT2D eigenvalue weighted by Gasteiger charge is 2.21. The Labute approximate surface area is 303 Å². The number of hydrogen-bond donors (Lipinski definition) is 0. The van der Waals surface area contributed by atoms with E-state index in [9.17, 15) is 0 Å². The molecule has 0 nitrogen and oxygen atoms in total. The predicted octanol–water partition coefficient (Wildman–Crippen LogP) is 15.0. The van der Waals surface area contributed by atoms with E-state index in [2.05, 4.69) is 163 Å². The third kappa shape index (κ3) is 3.87. The Balaban J connectivity index is 1.24. The molecular formula is C52H38. The van der Waals surface area contributed by atoms with Crippen molar-refractivity contribution in [2.24, 2.45) is 0 Å². The summed E-state index contributed by atoms with van der Waals surface area (Å²) in [5.74, 6) is 0. The Morgan fingerprint density at radius 2 is 0.596 bits per heavy atom. The summed E-state index contributed by atoms with van der Waals surface area (Å²) >= 11 is 0. The molecule has 0 fully saturated rings. The van der Waals surface area contributed by atoms with E-state index in [4.69, 9.17) is 0 Å². The van der Waals surface area contributed by atoms with Gasteiger partial charge in [0.1, 0.15) is 0 Å². The highest BCUT2D eigenvalue weighted by molar-refractivity contribution is 6.40. The molecule has 0 atom stereocenters. The molecule has 52 heavy (non-hydrogen) atoms. The zero-order chi connectivity index (χ0) is 35.2. The fourth-order valence-corrected chi connectivity index (χ4v) is 9.74. The van der Waals surface area contributed by atoms with Crippen LogP contribution in [0.2, 0.25) is 0 Å². The van der Waals surface area contributed by atoms with Crippen LogP contribution in [0, 0.1) is 41.5 Å². The minimum Gasteiger partial charge on any atom is -0.0614 e. The first kappa shape index (κ1) is 29.7. The first-order valence-corrected chi connectivity index (χ1v) is 18.6. The molecule has 0 aliphatic rings. The van der Waals surface area contributed by atoms with Crippen LogP contribution >= 0.6 is 0 Å². The van der Waals surface area contributed by atoms with Crippen LogP contribution < -0.4 is 0 Å². The summed E-state index contributed by atoms with van der Waals surface area (Å²) in [6.45, 7) is 13.4. The largest absolute Gasteiger partial charge is 0.0614 e. The molecule has 0 aliphatic heterocycles. The van der Waals surface area contributed by atoms with Gasteiger partial charge >= 0.3 is 0 Å². The molecule has 0 spiro atoms. The van der Waals surface area contributed by atoms with E-state index in [-0.39, 0.29) is 0 Å². The molecule has 0 aromatic heterocycles. The van der Waals surface area contributed by atoms with Gasteiger partial charge in [-0.2, -0.15) is 0 Å². The molecule has 0 unspecified atom stereocenters. The van der Waals surface area contributed by atoms with E-state index in [1.54, 1.807) is 0 Å². The summed E-state index contributed by atoms with van der Waals surface area (Å²) in [5, 5.41) is 21.6. The molecule has 0 aliphatic carbocycles. The average Bonchev–Trinajstić information content (AvgIpc) is 3.62. The summed E-state index contributed by atoms with van der Waals surface area (Å²) in [4.78, 5) is 0. The van der Waals surface area contributed by atoms with Crippen LogP contribution in [0.25, 0.3) is 108 Å². The second-order valence-electron chi connectivity index (χ2n) is 15.6. The topological polar surface area (TPSA) is 0 Å². The van der Waals surface area contributed by atoms with Crippen molar-refractivity contribution < 1.29 is 0 Å². The van der Waals surface area contributed by atoms with Crippen LogP contribution in [0.5, 0.6) is 0 Å². The van der Waals surface area contributed by atoms with Gasteiger partial charge in [-0.25, -0.2) is 0 Å². The SMILES string of the molecule is Cc1cc2c3ccc4c(cc5c6ccc(-c7cccc(C)c7C)cc6c6cc(C)cc4c65)c3cc3c4ccc(-c5cccc(C)c5C)cc4c(c1)c23. The lowest BCUT2D eigenvalue weighted by Gasteiger charge is -2.13. The number of fused-ring (bicyclic) bond motifs is 11. The Morgan fingerprint density at radius 1 is 0.269 bits per heavy atom. The highest BCUT2D eigenvalue weighted by Crippen LogP contribution is 2.48. The number of aryl methyl sites for hydroxylation is 4. The van der Waals surface area contributed by atoms with Gasteiger partial charge in [0.05, 0.1) is 0 Å². The van der Waals surface area contributed by atoms with Crippen molar-refractivity contribution >= 4 is 86.2 Å². The lowest BCUT2D eigenvalue weighted by molar-refractivity contribution is 1.34. The van der Waals surface area contributed by atoms with Gasteiger partial charge in [0.2, 0.25) is 0 Å². The normalized spacial score (nSPS) is 12.4. The first-order valence-electron chi connectivity index (χ1n) is 18.6. The molecule has 11 aromatic carbocycles. The molecule has 11 aromatic rings. The standard InChI is InChI=1S/C52H38/c1-27-19-45-39-17-18-40-44(43(39)25-49-37-15-13-33(23-41(37)47(21-27)51(45)49)35-11-7-9-29(3)31(35)5)26-50-38-16-14-34(36-12-8-10-30(4)32(36)6)24-42(38)48-22-28(2)20-46(40)52(48)50/h7-26H,1-6H3. The highest BCUT2D eigenvalue weighted by atomic mass is 14.2. The van der Waals surface area contributed by atoms with Crippen molar-refractivity contribution in [3.05, 3.63) is 155 Å². The van der Waals surface area contributed by atoms with Gasteiger partial charge in [-0.15, -0.1) is 0 Å². The lowest BCUT2D eigenvalue weighted by Crippen LogP contribution is -1.86. The molecule has 11 rings (SSSR count). The van der Waals surface area contributed by atoms with Crippen LogP contribution in [0.3, 0.4) is 0 Å². The maximum absolute atomic E-state index is 2.51. The molecule has 0 heterocycles. The Bertz CT molecular complexity index is 3110. The zero-order valence-electron chi connectivity index (χ0n) is 30.5. The number of hydrogen-bond acceptors (Lipinski definition) is 0. The van der Waals surface area contributed by atoms with Crippen LogP contribution in [0.15, 0.2) is 121 Å². The van der Waals surface area contributed by atoms with Crippen LogP contribution in [-0.2, 0) is 0 Å². The lowest BCUT2D eigenvalue weighted by atomic mass is 9.90. The van der Waals surface area contributed by atoms with Crippen molar-refractivity contribution in [2.75, 3.05) is 0 Å². The molecule has 0 bridgehead atoms.